The summed E-state index contributed by atoms with van der Waals surface area (Å²) < 4.78 is 0. The van der Waals surface area contributed by atoms with Crippen LogP contribution in [0.3, 0.4) is 0 Å². The molecule has 1 saturated heterocycles. The first-order valence-electron chi connectivity index (χ1n) is 6.38. The van der Waals surface area contributed by atoms with Crippen LogP contribution in [0.15, 0.2) is 24.3 Å². The zero-order valence-corrected chi connectivity index (χ0v) is 10.7. The van der Waals surface area contributed by atoms with Gasteiger partial charge in [-0.1, -0.05) is 45.0 Å². The molecule has 0 unspecified atom stereocenters. The zero-order chi connectivity index (χ0) is 11.6. The van der Waals surface area contributed by atoms with Crippen LogP contribution in [0.2, 0.25) is 0 Å². The van der Waals surface area contributed by atoms with Gasteiger partial charge in [0.1, 0.15) is 0 Å². The molecular formula is C15H23N. The summed E-state index contributed by atoms with van der Waals surface area (Å²) in [6.45, 7) is 7.99. The number of nitrogens with one attached hydrogen (secondary N) is 1. The van der Waals surface area contributed by atoms with E-state index >= 15 is 0 Å². The molecule has 16 heavy (non-hydrogen) atoms. The van der Waals surface area contributed by atoms with E-state index in [-0.39, 0.29) is 5.41 Å². The lowest BCUT2D eigenvalue weighted by Crippen LogP contribution is -2.23. The van der Waals surface area contributed by atoms with E-state index in [9.17, 15) is 0 Å². The third-order valence-electron chi connectivity index (χ3n) is 3.46. The Bertz CT molecular complexity index is 325. The molecule has 1 aliphatic rings. The van der Waals surface area contributed by atoms with Crippen molar-refractivity contribution >= 4 is 0 Å². The Morgan fingerprint density at radius 2 is 1.88 bits per heavy atom. The SMILES string of the molecule is CC(C)(C)c1ccc(C[C@H]2CCCN2)cc1. The maximum atomic E-state index is 3.55. The summed E-state index contributed by atoms with van der Waals surface area (Å²) in [6, 6.07) is 9.86. The van der Waals surface area contributed by atoms with E-state index in [2.05, 4.69) is 50.4 Å². The van der Waals surface area contributed by atoms with Gasteiger partial charge in [-0.3, -0.25) is 0 Å². The quantitative estimate of drug-likeness (QED) is 0.801. The molecule has 0 bridgehead atoms. The number of hydrogen-bond donors (Lipinski definition) is 1. The molecule has 1 aliphatic heterocycles. The fourth-order valence-electron chi connectivity index (χ4n) is 2.36. The van der Waals surface area contributed by atoms with Gasteiger partial charge in [-0.25, -0.2) is 0 Å². The van der Waals surface area contributed by atoms with E-state index in [1.165, 1.54) is 36.9 Å². The fourth-order valence-corrected chi connectivity index (χ4v) is 2.36. The molecule has 0 spiro atoms. The molecule has 1 fully saturated rings. The minimum atomic E-state index is 0.268. The predicted molar refractivity (Wildman–Crippen MR) is 69.9 cm³/mol. The average molecular weight is 217 g/mol. The second kappa shape index (κ2) is 4.58. The smallest absolute Gasteiger partial charge is 0.0108 e. The molecule has 2 rings (SSSR count). The molecular weight excluding hydrogens is 194 g/mol. The third-order valence-corrected chi connectivity index (χ3v) is 3.46. The van der Waals surface area contributed by atoms with Crippen LogP contribution in [0.4, 0.5) is 0 Å². The maximum Gasteiger partial charge on any atom is 0.0108 e. The topological polar surface area (TPSA) is 12.0 Å². The lowest BCUT2D eigenvalue weighted by molar-refractivity contribution is 0.586. The van der Waals surface area contributed by atoms with Crippen molar-refractivity contribution in [2.45, 2.75) is 51.5 Å². The molecule has 88 valence electrons. The molecule has 1 heteroatoms. The molecule has 1 atom stereocenters. The Balaban J connectivity index is 2.01. The van der Waals surface area contributed by atoms with Crippen molar-refractivity contribution in [2.24, 2.45) is 0 Å². The highest BCUT2D eigenvalue weighted by Crippen LogP contribution is 2.23. The Morgan fingerprint density at radius 3 is 2.38 bits per heavy atom. The molecule has 1 N–H and O–H groups in total. The Hall–Kier alpha value is -0.820. The summed E-state index contributed by atoms with van der Waals surface area (Å²) >= 11 is 0. The highest BCUT2D eigenvalue weighted by Gasteiger charge is 2.16. The van der Waals surface area contributed by atoms with Crippen molar-refractivity contribution in [1.29, 1.82) is 0 Å². The summed E-state index contributed by atoms with van der Waals surface area (Å²) in [5, 5.41) is 3.55. The summed E-state index contributed by atoms with van der Waals surface area (Å²) in [5.74, 6) is 0. The van der Waals surface area contributed by atoms with Crippen LogP contribution < -0.4 is 5.32 Å². The first-order chi connectivity index (χ1) is 7.55. The lowest BCUT2D eigenvalue weighted by atomic mass is 9.86. The highest BCUT2D eigenvalue weighted by atomic mass is 14.9. The Morgan fingerprint density at radius 1 is 1.19 bits per heavy atom. The second-order valence-corrected chi connectivity index (χ2v) is 5.94. The van der Waals surface area contributed by atoms with E-state index in [4.69, 9.17) is 0 Å². The van der Waals surface area contributed by atoms with Gasteiger partial charge in [-0.05, 0) is 42.3 Å². The monoisotopic (exact) mass is 217 g/mol. The van der Waals surface area contributed by atoms with E-state index in [0.717, 1.165) is 0 Å². The predicted octanol–water partition coefficient (Wildman–Crippen LogP) is 3.28. The van der Waals surface area contributed by atoms with Gasteiger partial charge in [0.15, 0.2) is 0 Å². The van der Waals surface area contributed by atoms with Gasteiger partial charge >= 0.3 is 0 Å². The minimum Gasteiger partial charge on any atom is -0.314 e. The Labute approximate surface area is 99.3 Å². The summed E-state index contributed by atoms with van der Waals surface area (Å²) in [6.07, 6.45) is 3.86. The third kappa shape index (κ3) is 2.85. The number of hydrogen-bond acceptors (Lipinski definition) is 1. The zero-order valence-electron chi connectivity index (χ0n) is 10.7. The van der Waals surface area contributed by atoms with Gasteiger partial charge in [0.2, 0.25) is 0 Å². The molecule has 1 nitrogen and oxygen atoms in total. The largest absolute Gasteiger partial charge is 0.314 e. The normalized spacial score (nSPS) is 21.3. The van der Waals surface area contributed by atoms with Gasteiger partial charge < -0.3 is 5.32 Å². The van der Waals surface area contributed by atoms with Gasteiger partial charge in [0, 0.05) is 6.04 Å². The summed E-state index contributed by atoms with van der Waals surface area (Å²) in [7, 11) is 0. The molecule has 0 amide bonds. The number of benzene rings is 1. The molecule has 0 aromatic heterocycles. The standard InChI is InChI=1S/C15H23N/c1-15(2,3)13-8-6-12(7-9-13)11-14-5-4-10-16-14/h6-9,14,16H,4-5,10-11H2,1-3H3/t14-/m1/s1. The number of rotatable bonds is 2. The van der Waals surface area contributed by atoms with E-state index < -0.39 is 0 Å². The fraction of sp³-hybridized carbons (Fsp3) is 0.600. The molecule has 1 aromatic carbocycles. The van der Waals surface area contributed by atoms with Gasteiger partial charge in [0.25, 0.3) is 0 Å². The molecule has 0 saturated carbocycles. The van der Waals surface area contributed by atoms with Crippen molar-refractivity contribution in [2.75, 3.05) is 6.54 Å². The van der Waals surface area contributed by atoms with E-state index in [1.807, 2.05) is 0 Å². The van der Waals surface area contributed by atoms with Crippen LogP contribution in [-0.2, 0) is 11.8 Å². The molecule has 1 aromatic rings. The van der Waals surface area contributed by atoms with Crippen LogP contribution in [0.5, 0.6) is 0 Å². The van der Waals surface area contributed by atoms with E-state index in [1.54, 1.807) is 0 Å². The summed E-state index contributed by atoms with van der Waals surface area (Å²) in [5.41, 5.74) is 3.16. The van der Waals surface area contributed by atoms with Crippen molar-refractivity contribution in [3.8, 4) is 0 Å². The lowest BCUT2D eigenvalue weighted by Gasteiger charge is -2.19. The van der Waals surface area contributed by atoms with E-state index in [0.29, 0.717) is 6.04 Å². The molecule has 0 radical (unpaired) electrons. The van der Waals surface area contributed by atoms with Gasteiger partial charge in [-0.2, -0.15) is 0 Å². The van der Waals surface area contributed by atoms with Crippen LogP contribution in [0.1, 0.15) is 44.7 Å². The van der Waals surface area contributed by atoms with Gasteiger partial charge in [0.05, 0.1) is 0 Å². The highest BCUT2D eigenvalue weighted by molar-refractivity contribution is 5.28. The van der Waals surface area contributed by atoms with Crippen LogP contribution >= 0.6 is 0 Å². The van der Waals surface area contributed by atoms with Crippen molar-refractivity contribution < 1.29 is 0 Å². The second-order valence-electron chi connectivity index (χ2n) is 5.94. The van der Waals surface area contributed by atoms with Crippen LogP contribution in [0.25, 0.3) is 0 Å². The first kappa shape index (κ1) is 11.7. The maximum absolute atomic E-state index is 3.55. The summed E-state index contributed by atoms with van der Waals surface area (Å²) in [4.78, 5) is 0. The van der Waals surface area contributed by atoms with Crippen molar-refractivity contribution in [3.05, 3.63) is 35.4 Å². The van der Waals surface area contributed by atoms with Crippen LogP contribution in [0, 0.1) is 0 Å². The Kier molecular flexibility index (Phi) is 3.34. The molecule has 0 aliphatic carbocycles. The van der Waals surface area contributed by atoms with Crippen LogP contribution in [-0.4, -0.2) is 12.6 Å². The van der Waals surface area contributed by atoms with Crippen molar-refractivity contribution in [1.82, 2.24) is 5.32 Å². The molecule has 1 heterocycles. The first-order valence-corrected chi connectivity index (χ1v) is 6.38. The minimum absolute atomic E-state index is 0.268. The van der Waals surface area contributed by atoms with Gasteiger partial charge in [-0.15, -0.1) is 0 Å². The van der Waals surface area contributed by atoms with Crippen molar-refractivity contribution in [3.63, 3.8) is 0 Å². The average Bonchev–Trinajstić information content (AvgIpc) is 2.70.